The van der Waals surface area contributed by atoms with E-state index in [2.05, 4.69) is 18.1 Å². The molecule has 2 bridgehead atoms. The van der Waals surface area contributed by atoms with Gasteiger partial charge in [0.1, 0.15) is 0 Å². The van der Waals surface area contributed by atoms with E-state index in [4.69, 9.17) is 5.73 Å². The molecule has 2 fully saturated rings. The summed E-state index contributed by atoms with van der Waals surface area (Å²) in [4.78, 5) is 2.81. The monoisotopic (exact) mass is 228 g/mol. The number of thioether (sulfide) groups is 1. The number of piperidine rings is 1. The van der Waals surface area contributed by atoms with Gasteiger partial charge in [0, 0.05) is 29.9 Å². The summed E-state index contributed by atoms with van der Waals surface area (Å²) in [5.41, 5.74) is 6.10. The standard InChI is InChI=1S/C12H24N2S/c1-3-10(8-15-2)14-11-4-5-12(14)7-9(13)6-11/h9-12H,3-8,13H2,1-2H3. The zero-order valence-electron chi connectivity index (χ0n) is 9.98. The Hall–Kier alpha value is 0.270. The normalized spacial score (nSPS) is 38.2. The second-order valence-corrected chi connectivity index (χ2v) is 5.99. The number of nitrogens with zero attached hydrogens (tertiary/aromatic N) is 1. The molecule has 2 N–H and O–H groups in total. The number of hydrogen-bond donors (Lipinski definition) is 1. The second kappa shape index (κ2) is 5.07. The topological polar surface area (TPSA) is 29.3 Å². The van der Waals surface area contributed by atoms with Gasteiger partial charge in [0.05, 0.1) is 0 Å². The van der Waals surface area contributed by atoms with Crippen LogP contribution in [0.4, 0.5) is 0 Å². The molecule has 0 spiro atoms. The van der Waals surface area contributed by atoms with Crippen LogP contribution in [0.1, 0.15) is 39.0 Å². The van der Waals surface area contributed by atoms with Crippen LogP contribution in [0.15, 0.2) is 0 Å². The molecule has 2 heterocycles. The maximum absolute atomic E-state index is 6.10. The lowest BCUT2D eigenvalue weighted by Crippen LogP contribution is -2.52. The number of hydrogen-bond acceptors (Lipinski definition) is 3. The molecule has 3 unspecified atom stereocenters. The smallest absolute Gasteiger partial charge is 0.0189 e. The lowest BCUT2D eigenvalue weighted by molar-refractivity contribution is 0.0858. The second-order valence-electron chi connectivity index (χ2n) is 5.08. The van der Waals surface area contributed by atoms with E-state index in [-0.39, 0.29) is 0 Å². The SMILES string of the molecule is CCC(CSC)N1C2CCC1CC(N)C2. The van der Waals surface area contributed by atoms with E-state index < -0.39 is 0 Å². The summed E-state index contributed by atoms with van der Waals surface area (Å²) >= 11 is 1.99. The highest BCUT2D eigenvalue weighted by molar-refractivity contribution is 7.98. The van der Waals surface area contributed by atoms with Crippen LogP contribution in [0.5, 0.6) is 0 Å². The molecule has 2 aliphatic heterocycles. The van der Waals surface area contributed by atoms with Crippen LogP contribution >= 0.6 is 11.8 Å². The maximum atomic E-state index is 6.10. The fourth-order valence-corrected chi connectivity index (χ4v) is 4.25. The first-order valence-electron chi connectivity index (χ1n) is 6.28. The minimum absolute atomic E-state index is 0.477. The highest BCUT2D eigenvalue weighted by Crippen LogP contribution is 2.37. The predicted octanol–water partition coefficient (Wildman–Crippen LogP) is 2.08. The van der Waals surface area contributed by atoms with Crippen LogP contribution in [0, 0.1) is 0 Å². The van der Waals surface area contributed by atoms with E-state index in [1.165, 1.54) is 37.9 Å². The molecule has 15 heavy (non-hydrogen) atoms. The van der Waals surface area contributed by atoms with Crippen molar-refractivity contribution in [2.75, 3.05) is 12.0 Å². The summed E-state index contributed by atoms with van der Waals surface area (Å²) < 4.78 is 0. The van der Waals surface area contributed by atoms with Gasteiger partial charge < -0.3 is 5.73 Å². The van der Waals surface area contributed by atoms with Crippen LogP contribution in [0.25, 0.3) is 0 Å². The first-order chi connectivity index (χ1) is 7.26. The molecule has 0 amide bonds. The Labute approximate surface area is 98.0 Å². The number of nitrogens with two attached hydrogens (primary N) is 1. The molecule has 0 aromatic carbocycles. The third kappa shape index (κ3) is 2.34. The first kappa shape index (κ1) is 11.7. The first-order valence-corrected chi connectivity index (χ1v) is 7.67. The Morgan fingerprint density at radius 3 is 2.40 bits per heavy atom. The molecular formula is C12H24N2S. The number of rotatable bonds is 4. The van der Waals surface area contributed by atoms with E-state index >= 15 is 0 Å². The Kier molecular flexibility index (Phi) is 3.97. The van der Waals surface area contributed by atoms with Gasteiger partial charge in [-0.25, -0.2) is 0 Å². The van der Waals surface area contributed by atoms with Gasteiger partial charge in [-0.05, 0) is 38.4 Å². The van der Waals surface area contributed by atoms with Gasteiger partial charge in [0.2, 0.25) is 0 Å². The number of fused-ring (bicyclic) bond motifs is 2. The van der Waals surface area contributed by atoms with Crippen LogP contribution in [-0.2, 0) is 0 Å². The summed E-state index contributed by atoms with van der Waals surface area (Å²) in [6.45, 7) is 2.33. The third-order valence-corrected chi connectivity index (χ3v) is 4.80. The van der Waals surface area contributed by atoms with Crippen molar-refractivity contribution in [1.82, 2.24) is 4.90 Å². The molecule has 2 nitrogen and oxygen atoms in total. The molecular weight excluding hydrogens is 204 g/mol. The summed E-state index contributed by atoms with van der Waals surface area (Å²) in [5.74, 6) is 1.29. The van der Waals surface area contributed by atoms with Crippen LogP contribution in [0.3, 0.4) is 0 Å². The molecule has 2 rings (SSSR count). The van der Waals surface area contributed by atoms with Gasteiger partial charge >= 0.3 is 0 Å². The molecule has 0 aromatic rings. The quantitative estimate of drug-likeness (QED) is 0.799. The van der Waals surface area contributed by atoms with Crippen molar-refractivity contribution >= 4 is 11.8 Å². The van der Waals surface area contributed by atoms with Crippen LogP contribution in [-0.4, -0.2) is 41.1 Å². The average molecular weight is 228 g/mol. The molecule has 0 aliphatic carbocycles. The minimum Gasteiger partial charge on any atom is -0.328 e. The summed E-state index contributed by atoms with van der Waals surface area (Å²) in [6.07, 6.45) is 8.78. The molecule has 2 aliphatic rings. The Bertz CT molecular complexity index is 196. The lowest BCUT2D eigenvalue weighted by atomic mass is 9.96. The highest BCUT2D eigenvalue weighted by atomic mass is 32.2. The van der Waals surface area contributed by atoms with E-state index in [9.17, 15) is 0 Å². The largest absolute Gasteiger partial charge is 0.328 e. The van der Waals surface area contributed by atoms with Crippen LogP contribution in [0.2, 0.25) is 0 Å². The van der Waals surface area contributed by atoms with Crippen LogP contribution < -0.4 is 5.73 Å². The van der Waals surface area contributed by atoms with E-state index in [0.717, 1.165) is 18.1 Å². The molecule has 3 atom stereocenters. The molecule has 88 valence electrons. The summed E-state index contributed by atoms with van der Waals surface area (Å²) in [6, 6.07) is 2.88. The van der Waals surface area contributed by atoms with Crippen molar-refractivity contribution in [1.29, 1.82) is 0 Å². The van der Waals surface area contributed by atoms with Crippen molar-refractivity contribution in [3.63, 3.8) is 0 Å². The molecule has 3 heteroatoms. The molecule has 0 radical (unpaired) electrons. The average Bonchev–Trinajstić information content (AvgIpc) is 2.47. The molecule has 0 aromatic heterocycles. The molecule has 0 saturated carbocycles. The van der Waals surface area contributed by atoms with Gasteiger partial charge in [0.15, 0.2) is 0 Å². The van der Waals surface area contributed by atoms with Crippen molar-refractivity contribution in [2.24, 2.45) is 5.73 Å². The van der Waals surface area contributed by atoms with Gasteiger partial charge in [-0.15, -0.1) is 0 Å². The van der Waals surface area contributed by atoms with Crippen molar-refractivity contribution < 1.29 is 0 Å². The maximum Gasteiger partial charge on any atom is 0.0189 e. The lowest BCUT2D eigenvalue weighted by Gasteiger charge is -2.42. The zero-order chi connectivity index (χ0) is 10.8. The predicted molar refractivity (Wildman–Crippen MR) is 68.3 cm³/mol. The summed E-state index contributed by atoms with van der Waals surface area (Å²) in [5, 5.41) is 0. The van der Waals surface area contributed by atoms with Gasteiger partial charge in [-0.3, -0.25) is 4.90 Å². The summed E-state index contributed by atoms with van der Waals surface area (Å²) in [7, 11) is 0. The Morgan fingerprint density at radius 1 is 1.33 bits per heavy atom. The van der Waals surface area contributed by atoms with Crippen molar-refractivity contribution in [2.45, 2.75) is 63.2 Å². The third-order valence-electron chi connectivity index (χ3n) is 4.08. The van der Waals surface area contributed by atoms with Crippen molar-refractivity contribution in [3.8, 4) is 0 Å². The highest BCUT2D eigenvalue weighted by Gasteiger charge is 2.42. The van der Waals surface area contributed by atoms with Gasteiger partial charge in [-0.1, -0.05) is 6.92 Å². The minimum atomic E-state index is 0.477. The van der Waals surface area contributed by atoms with E-state index in [1.54, 1.807) is 0 Å². The fraction of sp³-hybridized carbons (Fsp3) is 1.00. The Balaban J connectivity index is 2.02. The Morgan fingerprint density at radius 2 is 1.93 bits per heavy atom. The molecule has 2 saturated heterocycles. The van der Waals surface area contributed by atoms with Gasteiger partial charge in [-0.2, -0.15) is 11.8 Å². The van der Waals surface area contributed by atoms with Gasteiger partial charge in [0.25, 0.3) is 0 Å². The zero-order valence-corrected chi connectivity index (χ0v) is 10.8. The van der Waals surface area contributed by atoms with E-state index in [0.29, 0.717) is 6.04 Å². The van der Waals surface area contributed by atoms with E-state index in [1.807, 2.05) is 11.8 Å². The van der Waals surface area contributed by atoms with Crippen molar-refractivity contribution in [3.05, 3.63) is 0 Å². The fourth-order valence-electron chi connectivity index (χ4n) is 3.46.